The maximum Gasteiger partial charge on any atom is 0.268 e. The maximum atomic E-state index is 14.1. The highest BCUT2D eigenvalue weighted by molar-refractivity contribution is 7.99. The third kappa shape index (κ3) is 4.92. The van der Waals surface area contributed by atoms with Gasteiger partial charge in [0.05, 0.1) is 39.6 Å². The molecule has 1 amide bonds. The molecule has 0 bridgehead atoms. The normalized spacial score (nSPS) is 15.2. The van der Waals surface area contributed by atoms with E-state index in [2.05, 4.69) is 29.4 Å². The number of rotatable bonds is 6. The Balaban J connectivity index is 1.44. The summed E-state index contributed by atoms with van der Waals surface area (Å²) in [5.74, 6) is 0.562. The van der Waals surface area contributed by atoms with Crippen LogP contribution in [0.4, 0.5) is 5.69 Å². The van der Waals surface area contributed by atoms with E-state index in [9.17, 15) is 9.59 Å². The quantitative estimate of drug-likeness (QED) is 0.219. The molecule has 1 N–H and O–H groups in total. The third-order valence-electron chi connectivity index (χ3n) is 6.91. The first-order valence-electron chi connectivity index (χ1n) is 12.7. The zero-order valence-electron chi connectivity index (χ0n) is 21.9. The lowest BCUT2D eigenvalue weighted by molar-refractivity contribution is -0.113. The molecular weight excluding hydrogens is 589 g/mol. The van der Waals surface area contributed by atoms with Gasteiger partial charge >= 0.3 is 0 Å². The zero-order chi connectivity index (χ0) is 28.1. The van der Waals surface area contributed by atoms with Crippen LogP contribution in [-0.2, 0) is 22.6 Å². The van der Waals surface area contributed by atoms with E-state index in [-0.39, 0.29) is 23.3 Å². The number of nitrogens with zero attached hydrogens (tertiary/aromatic N) is 4. The summed E-state index contributed by atoms with van der Waals surface area (Å²) < 4.78 is 9.63. The van der Waals surface area contributed by atoms with Crippen LogP contribution in [0, 0.1) is 12.8 Å². The number of aromatic nitrogens is 4. The van der Waals surface area contributed by atoms with Crippen LogP contribution in [-0.4, -0.2) is 36.9 Å². The van der Waals surface area contributed by atoms with Crippen molar-refractivity contribution in [1.29, 1.82) is 0 Å². The van der Waals surface area contributed by atoms with Crippen molar-refractivity contribution in [3.63, 3.8) is 0 Å². The number of carbonyl (C=O) groups is 1. The Morgan fingerprint density at radius 3 is 2.67 bits per heavy atom. The fourth-order valence-corrected chi connectivity index (χ4v) is 7.12. The first-order chi connectivity index (χ1) is 19.2. The number of benzene rings is 2. The average molecular weight is 615 g/mol. The summed E-state index contributed by atoms with van der Waals surface area (Å²) in [5, 5.41) is 13.6. The second-order valence-electron chi connectivity index (χ2n) is 10.0. The number of halogens is 2. The molecule has 8 nitrogen and oxygen atoms in total. The van der Waals surface area contributed by atoms with Gasteiger partial charge in [0.2, 0.25) is 11.7 Å². The van der Waals surface area contributed by atoms with E-state index in [4.69, 9.17) is 27.9 Å². The molecule has 0 saturated heterocycles. The fourth-order valence-electron chi connectivity index (χ4n) is 4.79. The molecule has 12 heteroatoms. The van der Waals surface area contributed by atoms with Crippen molar-refractivity contribution in [2.24, 2.45) is 5.92 Å². The van der Waals surface area contributed by atoms with E-state index >= 15 is 0 Å². The van der Waals surface area contributed by atoms with Gasteiger partial charge in [0.25, 0.3) is 5.56 Å². The number of carbonyl (C=O) groups excluding carboxylic acids is 1. The lowest BCUT2D eigenvalue weighted by Crippen LogP contribution is -2.28. The molecule has 3 aromatic heterocycles. The Kier molecular flexibility index (Phi) is 7.39. The molecule has 0 saturated carbocycles. The first kappa shape index (κ1) is 27.3. The highest BCUT2D eigenvalue weighted by Crippen LogP contribution is 2.37. The molecule has 1 atom stereocenters. The number of aryl methyl sites for hydroxylation is 1. The number of fused-ring (bicyclic) bond motifs is 5. The lowest BCUT2D eigenvalue weighted by atomic mass is 9.96. The molecule has 1 aliphatic rings. The van der Waals surface area contributed by atoms with Crippen molar-refractivity contribution in [2.45, 2.75) is 45.1 Å². The van der Waals surface area contributed by atoms with E-state index in [0.29, 0.717) is 56.7 Å². The van der Waals surface area contributed by atoms with Crippen LogP contribution < -0.4 is 10.9 Å². The topological polar surface area (TPSA) is 90.5 Å². The predicted octanol–water partition coefficient (Wildman–Crippen LogP) is 6.54. The van der Waals surface area contributed by atoms with Crippen molar-refractivity contribution < 1.29 is 9.53 Å². The van der Waals surface area contributed by atoms with Gasteiger partial charge in [0, 0.05) is 17.0 Å². The predicted molar refractivity (Wildman–Crippen MR) is 162 cm³/mol. The Bertz CT molecular complexity index is 1830. The Morgan fingerprint density at radius 2 is 1.95 bits per heavy atom. The molecule has 40 heavy (non-hydrogen) atoms. The maximum absolute atomic E-state index is 14.1. The van der Waals surface area contributed by atoms with Gasteiger partial charge in [-0.2, -0.15) is 0 Å². The van der Waals surface area contributed by atoms with E-state index in [1.807, 2.05) is 35.6 Å². The molecule has 6 rings (SSSR count). The largest absolute Gasteiger partial charge is 0.372 e. The van der Waals surface area contributed by atoms with Crippen LogP contribution in [0.5, 0.6) is 0 Å². The number of thioether (sulfide) groups is 1. The van der Waals surface area contributed by atoms with E-state index in [0.717, 1.165) is 20.8 Å². The number of ether oxygens (including phenoxy) is 1. The molecule has 0 fully saturated rings. The number of anilines is 1. The van der Waals surface area contributed by atoms with Gasteiger partial charge in [-0.1, -0.05) is 66.5 Å². The Labute approximate surface area is 248 Å². The summed E-state index contributed by atoms with van der Waals surface area (Å²) in [6, 6.07) is 12.7. The smallest absolute Gasteiger partial charge is 0.268 e. The minimum Gasteiger partial charge on any atom is -0.372 e. The summed E-state index contributed by atoms with van der Waals surface area (Å²) in [6.45, 7) is 6.72. The molecular formula is C28H25Cl2N5O3S2. The standard InChI is InChI=1S/C28H25Cl2N5O3S2/c1-14(2)21-11-18-22(12-38-21)40-26-24(18)25(37)34(17-7-4-15(3)5-8-17)27-32-33-28(35(26)27)39-13-23(36)31-16-6-9-19(29)20(30)10-16/h4-10,14,21H,11-13H2,1-3H3,(H,31,36)/t21-/m0/s1. The molecule has 0 aliphatic carbocycles. The molecule has 0 spiro atoms. The zero-order valence-corrected chi connectivity index (χ0v) is 25.0. The van der Waals surface area contributed by atoms with E-state index in [1.54, 1.807) is 22.8 Å². The Hall–Kier alpha value is -2.89. The molecule has 5 aromatic rings. The molecule has 0 unspecified atom stereocenters. The van der Waals surface area contributed by atoms with Crippen molar-refractivity contribution in [3.05, 3.63) is 78.9 Å². The van der Waals surface area contributed by atoms with Crippen molar-refractivity contribution in [1.82, 2.24) is 19.2 Å². The Morgan fingerprint density at radius 1 is 1.18 bits per heavy atom. The van der Waals surface area contributed by atoms with Crippen molar-refractivity contribution >= 4 is 73.9 Å². The number of nitrogens with one attached hydrogen (secondary N) is 1. The van der Waals surface area contributed by atoms with E-state index in [1.165, 1.54) is 23.1 Å². The second kappa shape index (κ2) is 10.8. The number of hydrogen-bond donors (Lipinski definition) is 1. The van der Waals surface area contributed by atoms with Crippen LogP contribution in [0.1, 0.15) is 29.9 Å². The van der Waals surface area contributed by atoms with Crippen LogP contribution >= 0.6 is 46.3 Å². The minimum atomic E-state index is -0.234. The SMILES string of the molecule is Cc1ccc(-n2c(=O)c3c4c(sc3n3c(SCC(=O)Nc5ccc(Cl)c(Cl)c5)nnc23)CO[C@H](C(C)C)C4)cc1. The molecule has 206 valence electrons. The molecule has 0 radical (unpaired) electrons. The summed E-state index contributed by atoms with van der Waals surface area (Å²) >= 11 is 14.8. The third-order valence-corrected chi connectivity index (χ3v) is 9.77. The highest BCUT2D eigenvalue weighted by Gasteiger charge is 2.30. The molecule has 1 aliphatic heterocycles. The lowest BCUT2D eigenvalue weighted by Gasteiger charge is -2.26. The van der Waals surface area contributed by atoms with Crippen molar-refractivity contribution in [2.75, 3.05) is 11.1 Å². The van der Waals surface area contributed by atoms with Gasteiger partial charge in [0.15, 0.2) is 5.16 Å². The molecule has 2 aromatic carbocycles. The van der Waals surface area contributed by atoms with Gasteiger partial charge in [-0.05, 0) is 48.7 Å². The average Bonchev–Trinajstić information content (AvgIpc) is 3.52. The fraction of sp³-hybridized carbons (Fsp3) is 0.286. The molecule has 4 heterocycles. The van der Waals surface area contributed by atoms with Crippen LogP contribution in [0.15, 0.2) is 52.4 Å². The summed E-state index contributed by atoms with van der Waals surface area (Å²) in [6.07, 6.45) is 0.700. The summed E-state index contributed by atoms with van der Waals surface area (Å²) in [4.78, 5) is 28.7. The van der Waals surface area contributed by atoms with Gasteiger partial charge in [-0.15, -0.1) is 21.5 Å². The number of hydrogen-bond acceptors (Lipinski definition) is 7. The summed E-state index contributed by atoms with van der Waals surface area (Å²) in [7, 11) is 0. The number of thiophene rings is 1. The minimum absolute atomic E-state index is 0.0352. The monoisotopic (exact) mass is 613 g/mol. The second-order valence-corrected chi connectivity index (χ2v) is 12.9. The highest BCUT2D eigenvalue weighted by atomic mass is 35.5. The van der Waals surface area contributed by atoms with E-state index < -0.39 is 0 Å². The van der Waals surface area contributed by atoms with Gasteiger partial charge < -0.3 is 10.1 Å². The van der Waals surface area contributed by atoms with Gasteiger partial charge in [0.1, 0.15) is 4.83 Å². The van der Waals surface area contributed by atoms with Gasteiger partial charge in [-0.25, -0.2) is 8.97 Å². The van der Waals surface area contributed by atoms with Crippen LogP contribution in [0.2, 0.25) is 10.0 Å². The summed E-state index contributed by atoms with van der Waals surface area (Å²) in [5.41, 5.74) is 3.24. The number of amides is 1. The van der Waals surface area contributed by atoms with Crippen LogP contribution in [0.3, 0.4) is 0 Å². The van der Waals surface area contributed by atoms with Crippen LogP contribution in [0.25, 0.3) is 21.7 Å². The van der Waals surface area contributed by atoms with Gasteiger partial charge in [-0.3, -0.25) is 9.59 Å². The van der Waals surface area contributed by atoms with Crippen molar-refractivity contribution in [3.8, 4) is 5.69 Å². The first-order valence-corrected chi connectivity index (χ1v) is 15.3.